The Morgan fingerprint density at radius 1 is 1.40 bits per heavy atom. The Morgan fingerprint density at radius 3 is 3.05 bits per heavy atom. The Hall–Kier alpha value is -2.67. The summed E-state index contributed by atoms with van der Waals surface area (Å²) in [5.41, 5.74) is 0.333. The number of halogens is 1. The maximum Gasteiger partial charge on any atom is 0.339 e. The maximum absolute atomic E-state index is 11.2. The summed E-state index contributed by atoms with van der Waals surface area (Å²) in [5, 5.41) is 17.0. The van der Waals surface area contributed by atoms with Crippen molar-refractivity contribution >= 4 is 23.2 Å². The molecule has 0 atom stereocenters. The van der Waals surface area contributed by atoms with Crippen LogP contribution in [-0.2, 0) is 0 Å². The molecule has 2 aromatic heterocycles. The van der Waals surface area contributed by atoms with Crippen molar-refractivity contribution in [1.29, 1.82) is 0 Å². The second-order valence-corrected chi connectivity index (χ2v) is 4.28. The topological polar surface area (TPSA) is 89.6 Å². The van der Waals surface area contributed by atoms with Gasteiger partial charge < -0.3 is 9.84 Å². The molecule has 3 aromatic rings. The number of nitrogens with zero attached hydrogens (tertiary/aromatic N) is 4. The van der Waals surface area contributed by atoms with Crippen LogP contribution in [0.3, 0.4) is 0 Å². The summed E-state index contributed by atoms with van der Waals surface area (Å²) in [6, 6.07) is 4.31. The fourth-order valence-electron chi connectivity index (χ4n) is 1.67. The molecule has 1 N–H and O–H groups in total. The zero-order valence-electron chi connectivity index (χ0n) is 9.89. The van der Waals surface area contributed by atoms with E-state index in [1.807, 2.05) is 0 Å². The molecule has 2 heterocycles. The number of rotatable bonds is 3. The van der Waals surface area contributed by atoms with Gasteiger partial charge in [0.2, 0.25) is 5.65 Å². The van der Waals surface area contributed by atoms with Crippen molar-refractivity contribution in [2.75, 3.05) is 0 Å². The number of hydrogen-bond donors (Lipinski definition) is 1. The van der Waals surface area contributed by atoms with Crippen molar-refractivity contribution in [3.63, 3.8) is 0 Å². The second-order valence-electron chi connectivity index (χ2n) is 3.84. The van der Waals surface area contributed by atoms with Crippen molar-refractivity contribution in [2.24, 2.45) is 0 Å². The van der Waals surface area contributed by atoms with E-state index in [0.29, 0.717) is 10.7 Å². The zero-order chi connectivity index (χ0) is 14.1. The fourth-order valence-corrected chi connectivity index (χ4v) is 1.84. The Kier molecular flexibility index (Phi) is 2.96. The molecule has 0 aliphatic heterocycles. The van der Waals surface area contributed by atoms with Crippen LogP contribution in [0.1, 0.15) is 10.4 Å². The summed E-state index contributed by atoms with van der Waals surface area (Å²) in [5.74, 6) is -0.851. The van der Waals surface area contributed by atoms with Gasteiger partial charge in [0.05, 0.1) is 0 Å². The minimum absolute atomic E-state index is 0.0548. The molecule has 0 saturated carbocycles. The molecule has 20 heavy (non-hydrogen) atoms. The van der Waals surface area contributed by atoms with Crippen LogP contribution in [0.5, 0.6) is 11.6 Å². The number of carbonyl (C=O) groups is 1. The van der Waals surface area contributed by atoms with Crippen LogP contribution in [-0.4, -0.2) is 30.7 Å². The average Bonchev–Trinajstić information content (AvgIpc) is 2.90. The van der Waals surface area contributed by atoms with Gasteiger partial charge in [-0.2, -0.15) is 0 Å². The third kappa shape index (κ3) is 2.14. The molecule has 0 aliphatic carbocycles. The van der Waals surface area contributed by atoms with Crippen molar-refractivity contribution in [1.82, 2.24) is 19.6 Å². The number of carboxylic acid groups (broad SMARTS) is 1. The summed E-state index contributed by atoms with van der Waals surface area (Å²) >= 11 is 5.78. The number of fused-ring (bicyclic) bond motifs is 1. The lowest BCUT2D eigenvalue weighted by atomic mass is 10.2. The highest BCUT2D eigenvalue weighted by atomic mass is 35.5. The number of carboxylic acids is 1. The number of benzene rings is 1. The highest BCUT2D eigenvalue weighted by Gasteiger charge is 2.15. The van der Waals surface area contributed by atoms with Gasteiger partial charge in [0.1, 0.15) is 17.6 Å². The first-order chi connectivity index (χ1) is 9.65. The third-order valence-electron chi connectivity index (χ3n) is 2.56. The zero-order valence-corrected chi connectivity index (χ0v) is 10.7. The monoisotopic (exact) mass is 290 g/mol. The maximum atomic E-state index is 11.2. The highest BCUT2D eigenvalue weighted by Crippen LogP contribution is 2.28. The molecule has 0 spiro atoms. The lowest BCUT2D eigenvalue weighted by molar-refractivity contribution is 0.0694. The lowest BCUT2D eigenvalue weighted by Crippen LogP contribution is -2.01. The van der Waals surface area contributed by atoms with Crippen LogP contribution < -0.4 is 4.74 Å². The standard InChI is InChI=1S/C12H7ClN4O3/c13-7-1-2-9(8(5-7)12(18)19)20-11-10-16-15-6-17(10)4-3-14-11/h1-6H,(H,18,19). The van der Waals surface area contributed by atoms with E-state index in [9.17, 15) is 4.79 Å². The van der Waals surface area contributed by atoms with Crippen molar-refractivity contribution < 1.29 is 14.6 Å². The number of aromatic carboxylic acids is 1. The third-order valence-corrected chi connectivity index (χ3v) is 2.80. The van der Waals surface area contributed by atoms with Gasteiger partial charge in [-0.05, 0) is 18.2 Å². The molecule has 0 amide bonds. The summed E-state index contributed by atoms with van der Waals surface area (Å²) < 4.78 is 7.13. The van der Waals surface area contributed by atoms with E-state index in [2.05, 4.69) is 15.2 Å². The molecule has 0 saturated heterocycles. The Balaban J connectivity index is 2.07. The van der Waals surface area contributed by atoms with Crippen LogP contribution in [0.25, 0.3) is 5.65 Å². The predicted octanol–water partition coefficient (Wildman–Crippen LogP) is 2.27. The average molecular weight is 291 g/mol. The van der Waals surface area contributed by atoms with Crippen molar-refractivity contribution in [3.8, 4) is 11.6 Å². The molecule has 7 nitrogen and oxygen atoms in total. The quantitative estimate of drug-likeness (QED) is 0.796. The molecule has 3 rings (SSSR count). The number of ether oxygens (including phenoxy) is 1. The van der Waals surface area contributed by atoms with Crippen molar-refractivity contribution in [2.45, 2.75) is 0 Å². The minimum Gasteiger partial charge on any atom is -0.478 e. The summed E-state index contributed by atoms with van der Waals surface area (Å²) in [4.78, 5) is 15.2. The van der Waals surface area contributed by atoms with Gasteiger partial charge in [-0.3, -0.25) is 4.40 Å². The van der Waals surface area contributed by atoms with Gasteiger partial charge in [0.25, 0.3) is 5.88 Å². The first-order valence-electron chi connectivity index (χ1n) is 5.50. The van der Waals surface area contributed by atoms with Crippen LogP contribution in [0.2, 0.25) is 5.02 Å². The van der Waals surface area contributed by atoms with E-state index in [-0.39, 0.29) is 17.2 Å². The van der Waals surface area contributed by atoms with Gasteiger partial charge in [-0.15, -0.1) is 10.2 Å². The van der Waals surface area contributed by atoms with Gasteiger partial charge in [-0.25, -0.2) is 9.78 Å². The summed E-state index contributed by atoms with van der Waals surface area (Å²) in [7, 11) is 0. The van der Waals surface area contributed by atoms with Crippen LogP contribution in [0, 0.1) is 0 Å². The molecule has 0 unspecified atom stereocenters. The normalized spacial score (nSPS) is 10.7. The van der Waals surface area contributed by atoms with E-state index >= 15 is 0 Å². The van der Waals surface area contributed by atoms with Gasteiger partial charge in [0.15, 0.2) is 0 Å². The van der Waals surface area contributed by atoms with E-state index in [4.69, 9.17) is 21.4 Å². The van der Waals surface area contributed by atoms with Gasteiger partial charge in [-0.1, -0.05) is 11.6 Å². The van der Waals surface area contributed by atoms with Gasteiger partial charge in [0, 0.05) is 17.4 Å². The number of aromatic nitrogens is 4. The van der Waals surface area contributed by atoms with Crippen LogP contribution in [0.15, 0.2) is 36.9 Å². The smallest absolute Gasteiger partial charge is 0.339 e. The van der Waals surface area contributed by atoms with Crippen molar-refractivity contribution in [3.05, 3.63) is 47.5 Å². The Bertz CT molecular complexity index is 802. The summed E-state index contributed by atoms with van der Waals surface area (Å²) in [6.45, 7) is 0. The molecular weight excluding hydrogens is 284 g/mol. The second kappa shape index (κ2) is 4.78. The molecular formula is C12H7ClN4O3. The summed E-state index contributed by atoms with van der Waals surface area (Å²) in [6.07, 6.45) is 4.65. The molecule has 0 aliphatic rings. The molecule has 1 aromatic carbocycles. The predicted molar refractivity (Wildman–Crippen MR) is 69.3 cm³/mol. The molecule has 8 heteroatoms. The first kappa shape index (κ1) is 12.4. The van der Waals surface area contributed by atoms with E-state index in [0.717, 1.165) is 0 Å². The molecule has 0 bridgehead atoms. The van der Waals surface area contributed by atoms with Crippen LogP contribution in [0.4, 0.5) is 0 Å². The highest BCUT2D eigenvalue weighted by molar-refractivity contribution is 6.31. The molecule has 0 radical (unpaired) electrons. The van der Waals surface area contributed by atoms with E-state index < -0.39 is 5.97 Å². The Morgan fingerprint density at radius 2 is 2.25 bits per heavy atom. The molecule has 0 fully saturated rings. The largest absolute Gasteiger partial charge is 0.478 e. The fraction of sp³-hybridized carbons (Fsp3) is 0. The minimum atomic E-state index is -1.14. The van der Waals surface area contributed by atoms with E-state index in [1.165, 1.54) is 30.7 Å². The van der Waals surface area contributed by atoms with Gasteiger partial charge >= 0.3 is 5.97 Å². The molecule has 100 valence electrons. The van der Waals surface area contributed by atoms with Crippen LogP contribution >= 0.6 is 11.6 Å². The lowest BCUT2D eigenvalue weighted by Gasteiger charge is -2.08. The SMILES string of the molecule is O=C(O)c1cc(Cl)ccc1Oc1nccn2cnnc12. The van der Waals surface area contributed by atoms with E-state index in [1.54, 1.807) is 10.6 Å². The number of hydrogen-bond acceptors (Lipinski definition) is 5. The first-order valence-corrected chi connectivity index (χ1v) is 5.88. The Labute approximate surface area is 117 Å².